The standard InChI is InChI=1S/C29H44N2O4/c1-11-15-22(29(8,9)21-16-13-12-14-17-21)26(33)31-25(19(2)3)24(20(4)27(34)35-30-10)23(32)18-28(5,6)7/h11-14,16-17,19,22,25,30H,1,15,18H2,2-10H3,(H,31,33)/t22-,25?/m1/s1. The zero-order valence-corrected chi connectivity index (χ0v) is 23.0. The van der Waals surface area contributed by atoms with E-state index in [2.05, 4.69) is 17.4 Å². The Hall–Kier alpha value is -2.73. The Morgan fingerprint density at radius 1 is 1.06 bits per heavy atom. The summed E-state index contributed by atoms with van der Waals surface area (Å²) in [5, 5.41) is 3.13. The minimum absolute atomic E-state index is 0.139. The molecule has 0 aliphatic rings. The van der Waals surface area contributed by atoms with Gasteiger partial charge in [-0.15, -0.1) is 6.58 Å². The number of ketones is 1. The van der Waals surface area contributed by atoms with Crippen LogP contribution in [-0.2, 0) is 24.6 Å². The molecule has 0 saturated carbocycles. The summed E-state index contributed by atoms with van der Waals surface area (Å²) >= 11 is 0. The molecule has 1 aromatic rings. The first-order valence-electron chi connectivity index (χ1n) is 12.3. The van der Waals surface area contributed by atoms with Gasteiger partial charge in [0.2, 0.25) is 5.91 Å². The molecule has 1 unspecified atom stereocenters. The number of nitrogens with one attached hydrogen (secondary N) is 2. The summed E-state index contributed by atoms with van der Waals surface area (Å²) in [5.74, 6) is -1.57. The first-order valence-corrected chi connectivity index (χ1v) is 12.3. The highest BCUT2D eigenvalue weighted by molar-refractivity contribution is 6.05. The Balaban J connectivity index is 3.51. The number of amides is 1. The Labute approximate surface area is 211 Å². The average Bonchev–Trinajstić information content (AvgIpc) is 2.76. The van der Waals surface area contributed by atoms with Gasteiger partial charge in [-0.3, -0.25) is 9.59 Å². The predicted octanol–water partition coefficient (Wildman–Crippen LogP) is 5.30. The maximum atomic E-state index is 13.8. The summed E-state index contributed by atoms with van der Waals surface area (Å²) in [6.45, 7) is 19.3. The van der Waals surface area contributed by atoms with E-state index in [1.54, 1.807) is 13.0 Å². The highest BCUT2D eigenvalue weighted by Gasteiger charge is 2.39. The predicted molar refractivity (Wildman–Crippen MR) is 141 cm³/mol. The highest BCUT2D eigenvalue weighted by atomic mass is 16.7. The number of carbonyl (C=O) groups excluding carboxylic acids is 3. The topological polar surface area (TPSA) is 84.5 Å². The van der Waals surface area contributed by atoms with E-state index >= 15 is 0 Å². The van der Waals surface area contributed by atoms with E-state index < -0.39 is 23.3 Å². The third-order valence-electron chi connectivity index (χ3n) is 6.28. The van der Waals surface area contributed by atoms with E-state index in [0.29, 0.717) is 12.0 Å². The third kappa shape index (κ3) is 8.46. The van der Waals surface area contributed by atoms with E-state index in [1.807, 2.05) is 78.8 Å². The van der Waals surface area contributed by atoms with Gasteiger partial charge in [0.05, 0.1) is 12.0 Å². The first kappa shape index (κ1) is 30.3. The monoisotopic (exact) mass is 484 g/mol. The van der Waals surface area contributed by atoms with Crippen molar-refractivity contribution in [3.05, 3.63) is 59.7 Å². The van der Waals surface area contributed by atoms with Crippen LogP contribution in [0.15, 0.2) is 54.1 Å². The number of rotatable bonds is 12. The van der Waals surface area contributed by atoms with Crippen LogP contribution in [0.1, 0.15) is 73.8 Å². The molecule has 35 heavy (non-hydrogen) atoms. The minimum Gasteiger partial charge on any atom is -0.367 e. The van der Waals surface area contributed by atoms with Crippen molar-refractivity contribution < 1.29 is 19.2 Å². The fraction of sp³-hybridized carbons (Fsp3) is 0.552. The summed E-state index contributed by atoms with van der Waals surface area (Å²) in [5.41, 5.74) is 3.12. The van der Waals surface area contributed by atoms with Crippen LogP contribution in [0.25, 0.3) is 0 Å². The zero-order valence-electron chi connectivity index (χ0n) is 23.0. The molecule has 0 fully saturated rings. The number of hydroxylamine groups is 1. The van der Waals surface area contributed by atoms with Crippen LogP contribution < -0.4 is 10.8 Å². The lowest BCUT2D eigenvalue weighted by Gasteiger charge is -2.36. The lowest BCUT2D eigenvalue weighted by molar-refractivity contribution is -0.145. The molecule has 0 aliphatic heterocycles. The van der Waals surface area contributed by atoms with Crippen LogP contribution in [0.5, 0.6) is 0 Å². The SMILES string of the molecule is C=CC[C@H](C(=O)NC(C(C(=O)CC(C)(C)C)=C(C)C(=O)ONC)C(C)C)C(C)(C)c1ccccc1. The summed E-state index contributed by atoms with van der Waals surface area (Å²) in [6, 6.07) is 9.24. The number of Topliss-reactive ketones (excluding diaryl/α,β-unsaturated/α-hetero) is 1. The molecule has 0 spiro atoms. The molecule has 2 atom stereocenters. The molecule has 194 valence electrons. The van der Waals surface area contributed by atoms with Crippen molar-refractivity contribution in [3.8, 4) is 0 Å². The maximum absolute atomic E-state index is 13.8. The Bertz CT molecular complexity index is 924. The first-order chi connectivity index (χ1) is 16.2. The van der Waals surface area contributed by atoms with Crippen LogP contribution >= 0.6 is 0 Å². The molecule has 6 heteroatoms. The second kappa shape index (κ2) is 12.8. The summed E-state index contributed by atoms with van der Waals surface area (Å²) in [6.07, 6.45) is 2.45. The largest absolute Gasteiger partial charge is 0.367 e. The average molecular weight is 485 g/mol. The van der Waals surface area contributed by atoms with Gasteiger partial charge in [0, 0.05) is 30.0 Å². The van der Waals surface area contributed by atoms with Crippen molar-refractivity contribution in [2.24, 2.45) is 17.3 Å². The lowest BCUT2D eigenvalue weighted by atomic mass is 9.71. The van der Waals surface area contributed by atoms with Crippen molar-refractivity contribution in [3.63, 3.8) is 0 Å². The second-order valence-electron chi connectivity index (χ2n) is 11.2. The maximum Gasteiger partial charge on any atom is 0.352 e. The van der Waals surface area contributed by atoms with Crippen LogP contribution in [0.2, 0.25) is 0 Å². The molecule has 0 saturated heterocycles. The highest BCUT2D eigenvalue weighted by Crippen LogP contribution is 2.35. The van der Waals surface area contributed by atoms with Crippen LogP contribution in [-0.4, -0.2) is 30.7 Å². The molecule has 0 aromatic heterocycles. The smallest absolute Gasteiger partial charge is 0.352 e. The van der Waals surface area contributed by atoms with Gasteiger partial charge >= 0.3 is 5.97 Å². The fourth-order valence-electron chi connectivity index (χ4n) is 4.26. The van der Waals surface area contributed by atoms with Crippen LogP contribution in [0.4, 0.5) is 0 Å². The van der Waals surface area contributed by atoms with Crippen molar-refractivity contribution >= 4 is 17.7 Å². The molecule has 0 radical (unpaired) electrons. The summed E-state index contributed by atoms with van der Waals surface area (Å²) in [7, 11) is 1.48. The van der Waals surface area contributed by atoms with Gasteiger partial charge in [0.15, 0.2) is 5.78 Å². The molecule has 2 N–H and O–H groups in total. The van der Waals surface area contributed by atoms with Gasteiger partial charge < -0.3 is 10.2 Å². The molecule has 1 aromatic carbocycles. The van der Waals surface area contributed by atoms with E-state index in [-0.39, 0.29) is 35.0 Å². The second-order valence-corrected chi connectivity index (χ2v) is 11.2. The van der Waals surface area contributed by atoms with E-state index in [0.717, 1.165) is 5.56 Å². The van der Waals surface area contributed by atoms with E-state index in [4.69, 9.17) is 4.84 Å². The van der Waals surface area contributed by atoms with E-state index in [1.165, 1.54) is 7.05 Å². The molecular formula is C29H44N2O4. The summed E-state index contributed by atoms with van der Waals surface area (Å²) in [4.78, 5) is 44.9. The van der Waals surface area contributed by atoms with Crippen molar-refractivity contribution in [2.75, 3.05) is 7.05 Å². The number of allylic oxidation sites excluding steroid dienone is 1. The van der Waals surface area contributed by atoms with Crippen LogP contribution in [0.3, 0.4) is 0 Å². The van der Waals surface area contributed by atoms with Crippen LogP contribution in [0, 0.1) is 17.3 Å². The molecule has 1 rings (SSSR count). The molecule has 0 aliphatic carbocycles. The number of hydrogen-bond acceptors (Lipinski definition) is 5. The Morgan fingerprint density at radius 2 is 1.63 bits per heavy atom. The third-order valence-corrected chi connectivity index (χ3v) is 6.28. The normalized spacial score (nSPS) is 14.6. The van der Waals surface area contributed by atoms with Gasteiger partial charge in [-0.25, -0.2) is 4.79 Å². The quantitative estimate of drug-likeness (QED) is 0.239. The van der Waals surface area contributed by atoms with Gasteiger partial charge in [-0.05, 0) is 30.2 Å². The van der Waals surface area contributed by atoms with Gasteiger partial charge in [-0.1, -0.05) is 84.9 Å². The molecule has 0 heterocycles. The van der Waals surface area contributed by atoms with Gasteiger partial charge in [0.1, 0.15) is 0 Å². The fourth-order valence-corrected chi connectivity index (χ4v) is 4.26. The molecular weight excluding hydrogens is 440 g/mol. The molecule has 1 amide bonds. The molecule has 6 nitrogen and oxygen atoms in total. The van der Waals surface area contributed by atoms with E-state index in [9.17, 15) is 14.4 Å². The zero-order chi connectivity index (χ0) is 27.0. The Morgan fingerprint density at radius 3 is 2.09 bits per heavy atom. The summed E-state index contributed by atoms with van der Waals surface area (Å²) < 4.78 is 0. The molecule has 0 bridgehead atoms. The van der Waals surface area contributed by atoms with Gasteiger partial charge in [-0.2, -0.15) is 5.48 Å². The van der Waals surface area contributed by atoms with Crippen molar-refractivity contribution in [1.29, 1.82) is 0 Å². The van der Waals surface area contributed by atoms with Crippen molar-refractivity contribution in [1.82, 2.24) is 10.8 Å². The minimum atomic E-state index is -0.652. The number of hydrogen-bond donors (Lipinski definition) is 2. The number of carbonyl (C=O) groups is 3. The number of benzene rings is 1. The lowest BCUT2D eigenvalue weighted by Crippen LogP contribution is -2.49. The van der Waals surface area contributed by atoms with Gasteiger partial charge in [0.25, 0.3) is 0 Å². The Kier molecular flexibility index (Phi) is 11.1. The van der Waals surface area contributed by atoms with Crippen molar-refractivity contribution in [2.45, 2.75) is 79.7 Å².